The number of aromatic hydroxyl groups is 1. The van der Waals surface area contributed by atoms with E-state index in [1.165, 1.54) is 6.07 Å². The number of hydrogen-bond acceptors (Lipinski definition) is 4. The summed E-state index contributed by atoms with van der Waals surface area (Å²) in [5, 5.41) is 12.4. The standard InChI is InChI=1S/C11H11FN2OS/c12-9-1-8(2-10(15)3-9)4-13-5-11-6-14-7-16-11/h1-3,6-7,13,15H,4-5H2. The Bertz CT molecular complexity index is 439. The van der Waals surface area contributed by atoms with E-state index in [1.54, 1.807) is 29.1 Å². The third-order valence-corrected chi connectivity index (χ3v) is 2.83. The van der Waals surface area contributed by atoms with Gasteiger partial charge < -0.3 is 10.4 Å². The normalized spacial score (nSPS) is 10.6. The molecule has 0 aliphatic carbocycles. The first-order valence-corrected chi connectivity index (χ1v) is 5.68. The Morgan fingerprint density at radius 2 is 2.19 bits per heavy atom. The first-order chi connectivity index (χ1) is 7.74. The number of hydrogen-bond donors (Lipinski definition) is 2. The molecule has 1 heterocycles. The smallest absolute Gasteiger partial charge is 0.127 e. The molecule has 0 saturated heterocycles. The van der Waals surface area contributed by atoms with E-state index in [4.69, 9.17) is 0 Å². The maximum absolute atomic E-state index is 12.9. The molecule has 84 valence electrons. The van der Waals surface area contributed by atoms with Gasteiger partial charge in [0.2, 0.25) is 0 Å². The van der Waals surface area contributed by atoms with Crippen molar-refractivity contribution in [2.24, 2.45) is 0 Å². The number of phenols is 1. The van der Waals surface area contributed by atoms with Crippen molar-refractivity contribution < 1.29 is 9.50 Å². The van der Waals surface area contributed by atoms with E-state index >= 15 is 0 Å². The SMILES string of the molecule is Oc1cc(F)cc(CNCc2cncs2)c1. The number of thiazole rings is 1. The Morgan fingerprint density at radius 1 is 1.31 bits per heavy atom. The fraction of sp³-hybridized carbons (Fsp3) is 0.182. The van der Waals surface area contributed by atoms with Crippen molar-refractivity contribution in [3.8, 4) is 5.75 Å². The Balaban J connectivity index is 1.89. The van der Waals surface area contributed by atoms with Crippen molar-refractivity contribution in [2.75, 3.05) is 0 Å². The van der Waals surface area contributed by atoms with Gasteiger partial charge in [-0.25, -0.2) is 4.39 Å². The monoisotopic (exact) mass is 238 g/mol. The summed E-state index contributed by atoms with van der Waals surface area (Å²) in [6, 6.07) is 4.04. The van der Waals surface area contributed by atoms with E-state index in [2.05, 4.69) is 10.3 Å². The molecule has 0 atom stereocenters. The fourth-order valence-electron chi connectivity index (χ4n) is 1.39. The lowest BCUT2D eigenvalue weighted by molar-refractivity contribution is 0.467. The largest absolute Gasteiger partial charge is 0.508 e. The summed E-state index contributed by atoms with van der Waals surface area (Å²) >= 11 is 1.57. The van der Waals surface area contributed by atoms with Gasteiger partial charge in [-0.2, -0.15) is 0 Å². The van der Waals surface area contributed by atoms with Gasteiger partial charge >= 0.3 is 0 Å². The van der Waals surface area contributed by atoms with Gasteiger partial charge in [0.15, 0.2) is 0 Å². The van der Waals surface area contributed by atoms with Gasteiger partial charge in [-0.15, -0.1) is 11.3 Å². The zero-order valence-electron chi connectivity index (χ0n) is 8.48. The van der Waals surface area contributed by atoms with Gasteiger partial charge in [-0.3, -0.25) is 4.98 Å². The van der Waals surface area contributed by atoms with Crippen molar-refractivity contribution in [2.45, 2.75) is 13.1 Å². The van der Waals surface area contributed by atoms with E-state index in [9.17, 15) is 9.50 Å². The average molecular weight is 238 g/mol. The number of nitrogens with zero attached hydrogens (tertiary/aromatic N) is 1. The first kappa shape index (κ1) is 11.0. The van der Waals surface area contributed by atoms with Crippen LogP contribution in [-0.2, 0) is 13.1 Å². The molecule has 16 heavy (non-hydrogen) atoms. The predicted octanol–water partition coefficient (Wildman–Crippen LogP) is 2.28. The molecule has 0 aliphatic heterocycles. The summed E-state index contributed by atoms with van der Waals surface area (Å²) in [6.45, 7) is 1.21. The molecule has 0 radical (unpaired) electrons. The van der Waals surface area contributed by atoms with Gasteiger partial charge in [-0.1, -0.05) is 0 Å². The number of benzene rings is 1. The molecule has 3 nitrogen and oxygen atoms in total. The molecule has 1 aromatic heterocycles. The Hall–Kier alpha value is -1.46. The third-order valence-electron chi connectivity index (χ3n) is 2.05. The molecule has 2 aromatic rings. The van der Waals surface area contributed by atoms with Crippen LogP contribution in [0.25, 0.3) is 0 Å². The van der Waals surface area contributed by atoms with Crippen LogP contribution >= 0.6 is 11.3 Å². The van der Waals surface area contributed by atoms with Gasteiger partial charge in [0.25, 0.3) is 0 Å². The number of rotatable bonds is 4. The predicted molar refractivity (Wildman–Crippen MR) is 60.7 cm³/mol. The summed E-state index contributed by atoms with van der Waals surface area (Å²) in [6.07, 6.45) is 1.79. The molecule has 1 aromatic carbocycles. The highest BCUT2D eigenvalue weighted by atomic mass is 32.1. The highest BCUT2D eigenvalue weighted by molar-refractivity contribution is 7.09. The number of phenolic OH excluding ortho intramolecular Hbond substituents is 1. The minimum Gasteiger partial charge on any atom is -0.508 e. The molecular formula is C11H11FN2OS. The molecule has 0 amide bonds. The molecule has 0 fully saturated rings. The quantitative estimate of drug-likeness (QED) is 0.859. The molecule has 0 aliphatic rings. The second-order valence-corrected chi connectivity index (χ2v) is 4.36. The number of aromatic nitrogens is 1. The zero-order chi connectivity index (χ0) is 11.4. The third kappa shape index (κ3) is 3.01. The number of halogens is 1. The first-order valence-electron chi connectivity index (χ1n) is 4.80. The van der Waals surface area contributed by atoms with Crippen LogP contribution in [0, 0.1) is 5.82 Å². The molecule has 0 bridgehead atoms. The summed E-state index contributed by atoms with van der Waals surface area (Å²) in [5.74, 6) is -0.468. The Labute approximate surface area is 96.6 Å². The minimum atomic E-state index is -0.422. The number of nitrogens with one attached hydrogen (secondary N) is 1. The summed E-state index contributed by atoms with van der Waals surface area (Å²) in [4.78, 5) is 5.08. The summed E-state index contributed by atoms with van der Waals surface area (Å²) < 4.78 is 12.9. The fourth-order valence-corrected chi connectivity index (χ4v) is 1.96. The Morgan fingerprint density at radius 3 is 2.88 bits per heavy atom. The van der Waals surface area contributed by atoms with Gasteiger partial charge in [0.05, 0.1) is 5.51 Å². The highest BCUT2D eigenvalue weighted by Crippen LogP contribution is 2.14. The van der Waals surface area contributed by atoms with E-state index in [1.807, 2.05) is 0 Å². The van der Waals surface area contributed by atoms with Gasteiger partial charge in [0.1, 0.15) is 11.6 Å². The van der Waals surface area contributed by atoms with Crippen LogP contribution in [0.1, 0.15) is 10.4 Å². The maximum Gasteiger partial charge on any atom is 0.127 e. The topological polar surface area (TPSA) is 45.1 Å². The van der Waals surface area contributed by atoms with Crippen LogP contribution < -0.4 is 5.32 Å². The second kappa shape index (κ2) is 5.05. The molecule has 5 heteroatoms. The molecular weight excluding hydrogens is 227 g/mol. The van der Waals surface area contributed by atoms with Crippen molar-refractivity contribution in [1.29, 1.82) is 0 Å². The van der Waals surface area contributed by atoms with Gasteiger partial charge in [-0.05, 0) is 17.7 Å². The highest BCUT2D eigenvalue weighted by Gasteiger charge is 2.00. The van der Waals surface area contributed by atoms with E-state index in [-0.39, 0.29) is 5.75 Å². The average Bonchev–Trinajstić information content (AvgIpc) is 2.69. The van der Waals surface area contributed by atoms with E-state index < -0.39 is 5.82 Å². The van der Waals surface area contributed by atoms with Gasteiger partial charge in [0, 0.05) is 30.2 Å². The van der Waals surface area contributed by atoms with Crippen LogP contribution in [0.4, 0.5) is 4.39 Å². The van der Waals surface area contributed by atoms with Crippen LogP contribution in [0.2, 0.25) is 0 Å². The molecule has 2 rings (SSSR count). The second-order valence-electron chi connectivity index (χ2n) is 3.39. The van der Waals surface area contributed by atoms with Crippen molar-refractivity contribution in [3.05, 3.63) is 46.2 Å². The minimum absolute atomic E-state index is 0.0467. The van der Waals surface area contributed by atoms with E-state index in [0.717, 1.165) is 16.5 Å². The summed E-state index contributed by atoms with van der Waals surface area (Å²) in [7, 11) is 0. The zero-order valence-corrected chi connectivity index (χ0v) is 9.30. The molecule has 0 saturated carbocycles. The lowest BCUT2D eigenvalue weighted by atomic mass is 10.2. The lowest BCUT2D eigenvalue weighted by Crippen LogP contribution is -2.11. The lowest BCUT2D eigenvalue weighted by Gasteiger charge is -2.04. The van der Waals surface area contributed by atoms with Crippen LogP contribution in [0.5, 0.6) is 5.75 Å². The summed E-state index contributed by atoms with van der Waals surface area (Å²) in [5.41, 5.74) is 2.49. The van der Waals surface area contributed by atoms with E-state index in [0.29, 0.717) is 13.1 Å². The van der Waals surface area contributed by atoms with Crippen molar-refractivity contribution in [1.82, 2.24) is 10.3 Å². The Kier molecular flexibility index (Phi) is 3.48. The molecule has 0 spiro atoms. The molecule has 2 N–H and O–H groups in total. The van der Waals surface area contributed by atoms with Crippen LogP contribution in [-0.4, -0.2) is 10.1 Å². The molecule has 0 unspecified atom stereocenters. The maximum atomic E-state index is 12.9. The van der Waals surface area contributed by atoms with Crippen molar-refractivity contribution in [3.63, 3.8) is 0 Å². The van der Waals surface area contributed by atoms with Crippen molar-refractivity contribution >= 4 is 11.3 Å². The van der Waals surface area contributed by atoms with Crippen LogP contribution in [0.3, 0.4) is 0 Å². The van der Waals surface area contributed by atoms with Crippen LogP contribution in [0.15, 0.2) is 29.9 Å².